The van der Waals surface area contributed by atoms with Gasteiger partial charge in [-0.05, 0) is 13.8 Å². The highest BCUT2D eigenvalue weighted by Gasteiger charge is 2.24. The number of nitrogens with zero attached hydrogens (tertiary/aromatic N) is 1. The van der Waals surface area contributed by atoms with Crippen molar-refractivity contribution in [3.05, 3.63) is 23.0 Å². The predicted molar refractivity (Wildman–Crippen MR) is 77.4 cm³/mol. The molecule has 0 radical (unpaired) electrons. The number of phosphoric acid groups is 1. The van der Waals surface area contributed by atoms with Gasteiger partial charge in [-0.1, -0.05) is 0 Å². The van der Waals surface area contributed by atoms with Gasteiger partial charge in [-0.2, -0.15) is 0 Å². The smallest absolute Gasteiger partial charge is 0.469 e. The Hall–Kier alpha value is -1.55. The molecule has 10 nitrogen and oxygen atoms in total. The third-order valence-corrected chi connectivity index (χ3v) is 3.53. The molecule has 11 heteroatoms. The molecule has 0 fully saturated rings. The van der Waals surface area contributed by atoms with Crippen molar-refractivity contribution < 1.29 is 39.0 Å². The van der Waals surface area contributed by atoms with Crippen LogP contribution in [-0.2, 0) is 27.0 Å². The van der Waals surface area contributed by atoms with Gasteiger partial charge in [-0.15, -0.1) is 0 Å². The first kappa shape index (κ1) is 19.5. The van der Waals surface area contributed by atoms with Crippen molar-refractivity contribution in [2.45, 2.75) is 39.1 Å². The lowest BCUT2D eigenvalue weighted by molar-refractivity contribution is -0.142. The second-order valence-electron chi connectivity index (χ2n) is 4.90. The minimum absolute atomic E-state index is 0.170. The van der Waals surface area contributed by atoms with Crippen molar-refractivity contribution in [1.82, 2.24) is 10.3 Å². The fraction of sp³-hybridized carbons (Fsp3) is 0.500. The number of pyridine rings is 1. The van der Waals surface area contributed by atoms with Gasteiger partial charge in [0, 0.05) is 23.9 Å². The fourth-order valence-corrected chi connectivity index (χ4v) is 2.14. The molecule has 1 heterocycles. The van der Waals surface area contributed by atoms with Crippen LogP contribution in [0.1, 0.15) is 23.7 Å². The molecule has 1 rings (SSSR count). The summed E-state index contributed by atoms with van der Waals surface area (Å²) in [6.45, 7) is 2.11. The van der Waals surface area contributed by atoms with E-state index in [2.05, 4.69) is 14.8 Å². The molecule has 0 aliphatic carbocycles. The normalized spacial score (nSPS) is 14.5. The summed E-state index contributed by atoms with van der Waals surface area (Å²) in [6.07, 6.45) is 0.0762. The van der Waals surface area contributed by atoms with Gasteiger partial charge in [0.2, 0.25) is 0 Å². The summed E-state index contributed by atoms with van der Waals surface area (Å²) >= 11 is 0. The van der Waals surface area contributed by atoms with Crippen molar-refractivity contribution in [3.8, 4) is 5.75 Å². The van der Waals surface area contributed by atoms with Crippen molar-refractivity contribution in [3.63, 3.8) is 0 Å². The number of phosphoric ester groups is 1. The van der Waals surface area contributed by atoms with E-state index in [1.165, 1.54) is 20.0 Å². The molecule has 0 aliphatic heterocycles. The lowest BCUT2D eigenvalue weighted by Gasteiger charge is -2.19. The maximum atomic E-state index is 11.0. The molecule has 1 aromatic heterocycles. The number of carbonyl (C=O) groups is 1. The molecular weight excluding hydrogens is 331 g/mol. The van der Waals surface area contributed by atoms with Crippen LogP contribution in [0.25, 0.3) is 0 Å². The van der Waals surface area contributed by atoms with Gasteiger partial charge >= 0.3 is 13.8 Å². The van der Waals surface area contributed by atoms with Crippen LogP contribution in [0, 0.1) is 6.92 Å². The SMILES string of the molecule is Cc1ncc(COP(=O)(O)O)c(CN[C@@H](C(=O)O)[C@@H](C)O)c1O. The third-order valence-electron chi connectivity index (χ3n) is 3.07. The largest absolute Gasteiger partial charge is 0.506 e. The van der Waals surface area contributed by atoms with E-state index in [1.807, 2.05) is 0 Å². The van der Waals surface area contributed by atoms with E-state index in [1.54, 1.807) is 0 Å². The van der Waals surface area contributed by atoms with E-state index in [9.17, 15) is 19.6 Å². The molecule has 0 saturated carbocycles. The Labute approximate surface area is 132 Å². The predicted octanol–water partition coefficient (Wildman–Crippen LogP) is -0.371. The first-order valence-electron chi connectivity index (χ1n) is 6.53. The van der Waals surface area contributed by atoms with Crippen LogP contribution in [0.5, 0.6) is 5.75 Å². The van der Waals surface area contributed by atoms with Crippen LogP contribution in [-0.4, -0.2) is 48.2 Å². The van der Waals surface area contributed by atoms with E-state index in [0.717, 1.165) is 0 Å². The lowest BCUT2D eigenvalue weighted by Crippen LogP contribution is -2.44. The van der Waals surface area contributed by atoms with Crippen LogP contribution in [0.15, 0.2) is 6.20 Å². The summed E-state index contributed by atoms with van der Waals surface area (Å²) in [6, 6.07) is -1.28. The Morgan fingerprint density at radius 1 is 1.48 bits per heavy atom. The van der Waals surface area contributed by atoms with Gasteiger partial charge in [0.1, 0.15) is 11.8 Å². The van der Waals surface area contributed by atoms with E-state index >= 15 is 0 Å². The summed E-state index contributed by atoms with van der Waals surface area (Å²) in [5, 5.41) is 31.0. The number of aliphatic hydroxyl groups excluding tert-OH is 1. The van der Waals surface area contributed by atoms with E-state index in [0.29, 0.717) is 0 Å². The molecular formula is C12H19N2O8P. The van der Waals surface area contributed by atoms with Gasteiger partial charge in [0.05, 0.1) is 18.4 Å². The topological polar surface area (TPSA) is 169 Å². The minimum Gasteiger partial charge on any atom is -0.506 e. The zero-order chi connectivity index (χ0) is 17.8. The highest BCUT2D eigenvalue weighted by atomic mass is 31.2. The Morgan fingerprint density at radius 2 is 2.09 bits per heavy atom. The first-order chi connectivity index (χ1) is 10.5. The number of hydrogen-bond acceptors (Lipinski definition) is 7. The van der Waals surface area contributed by atoms with Gasteiger partial charge in [0.25, 0.3) is 0 Å². The first-order valence-corrected chi connectivity index (χ1v) is 8.06. The molecule has 1 aromatic rings. The average Bonchev–Trinajstić information content (AvgIpc) is 2.40. The number of hydrogen-bond donors (Lipinski definition) is 6. The van der Waals surface area contributed by atoms with Gasteiger partial charge in [-0.3, -0.25) is 19.6 Å². The molecule has 0 bridgehead atoms. The highest BCUT2D eigenvalue weighted by Crippen LogP contribution is 2.38. The van der Waals surface area contributed by atoms with E-state index in [-0.39, 0.29) is 29.1 Å². The second kappa shape index (κ2) is 7.82. The Balaban J connectivity index is 3.01. The number of aliphatic hydroxyl groups is 1. The molecule has 0 unspecified atom stereocenters. The van der Waals surface area contributed by atoms with Gasteiger partial charge in [0.15, 0.2) is 0 Å². The number of rotatable bonds is 8. The third kappa shape index (κ3) is 5.87. The van der Waals surface area contributed by atoms with Crippen molar-refractivity contribution in [1.29, 1.82) is 0 Å². The molecule has 23 heavy (non-hydrogen) atoms. The Kier molecular flexibility index (Phi) is 6.63. The number of aliphatic carboxylic acids is 1. The zero-order valence-electron chi connectivity index (χ0n) is 12.5. The van der Waals surface area contributed by atoms with Crippen molar-refractivity contribution >= 4 is 13.8 Å². The molecule has 0 spiro atoms. The van der Waals surface area contributed by atoms with Gasteiger partial charge in [-0.25, -0.2) is 4.57 Å². The number of nitrogens with one attached hydrogen (secondary N) is 1. The second-order valence-corrected chi connectivity index (χ2v) is 6.14. The van der Waals surface area contributed by atoms with Crippen LogP contribution in [0.3, 0.4) is 0 Å². The molecule has 0 saturated heterocycles. The molecule has 0 amide bonds. The van der Waals surface area contributed by atoms with Crippen molar-refractivity contribution in [2.24, 2.45) is 0 Å². The number of carboxylic acid groups (broad SMARTS) is 1. The highest BCUT2D eigenvalue weighted by molar-refractivity contribution is 7.46. The Morgan fingerprint density at radius 3 is 2.57 bits per heavy atom. The van der Waals surface area contributed by atoms with Crippen LogP contribution < -0.4 is 5.32 Å². The summed E-state index contributed by atoms with van der Waals surface area (Å²) in [7, 11) is -4.71. The molecule has 6 N–H and O–H groups in total. The van der Waals surface area contributed by atoms with Crippen molar-refractivity contribution in [2.75, 3.05) is 0 Å². The standard InChI is InChI=1S/C12H19N2O8P/c1-6-11(16)9(4-14-10(7(2)15)12(17)18)8(3-13-6)5-22-23(19,20)21/h3,7,10,14-16H,4-5H2,1-2H3,(H,17,18)(H2,19,20,21)/t7-,10-/m1/s1. The Bertz CT molecular complexity index is 615. The maximum absolute atomic E-state index is 11.0. The summed E-state index contributed by atoms with van der Waals surface area (Å²) in [4.78, 5) is 32.4. The summed E-state index contributed by atoms with van der Waals surface area (Å²) in [5.41, 5.74) is 0.613. The van der Waals surface area contributed by atoms with Crippen LogP contribution >= 0.6 is 7.82 Å². The molecule has 130 valence electrons. The van der Waals surface area contributed by atoms with E-state index in [4.69, 9.17) is 14.9 Å². The summed E-state index contributed by atoms with van der Waals surface area (Å²) in [5.74, 6) is -1.53. The molecule has 0 aliphatic rings. The molecule has 0 aromatic carbocycles. The average molecular weight is 350 g/mol. The number of aromatic nitrogens is 1. The fourth-order valence-electron chi connectivity index (χ4n) is 1.84. The molecule has 2 atom stereocenters. The van der Waals surface area contributed by atoms with Crippen LogP contribution in [0.4, 0.5) is 0 Å². The maximum Gasteiger partial charge on any atom is 0.469 e. The monoisotopic (exact) mass is 350 g/mol. The lowest BCUT2D eigenvalue weighted by atomic mass is 10.1. The quantitative estimate of drug-likeness (QED) is 0.340. The zero-order valence-corrected chi connectivity index (χ0v) is 13.4. The number of aryl methyl sites for hydroxylation is 1. The number of carboxylic acids is 1. The van der Waals surface area contributed by atoms with E-state index < -0.39 is 32.5 Å². The summed E-state index contributed by atoms with van der Waals surface area (Å²) < 4.78 is 15.2. The number of aromatic hydroxyl groups is 1. The van der Waals surface area contributed by atoms with Crippen LogP contribution in [0.2, 0.25) is 0 Å². The minimum atomic E-state index is -4.71. The van der Waals surface area contributed by atoms with Gasteiger partial charge < -0.3 is 25.1 Å².